The van der Waals surface area contributed by atoms with E-state index >= 15 is 0 Å². The summed E-state index contributed by atoms with van der Waals surface area (Å²) in [6.45, 7) is 9.46. The molecule has 2 nitrogen and oxygen atoms in total. The van der Waals surface area contributed by atoms with E-state index in [2.05, 4.69) is 26.1 Å². The van der Waals surface area contributed by atoms with Gasteiger partial charge in [0.05, 0.1) is 0 Å². The summed E-state index contributed by atoms with van der Waals surface area (Å²) in [4.78, 5) is 0. The second-order valence-electron chi connectivity index (χ2n) is 8.75. The maximum Gasteiger partial charge on any atom is 0.0462 e. The Bertz CT molecular complexity index is 295. The number of nitrogens with one attached hydrogen (secondary N) is 1. The fourth-order valence-corrected chi connectivity index (χ4v) is 4.01. The van der Waals surface area contributed by atoms with Gasteiger partial charge in [0, 0.05) is 26.3 Å². The Balaban J connectivity index is 1.83. The molecule has 124 valence electrons. The van der Waals surface area contributed by atoms with E-state index < -0.39 is 0 Å². The first-order valence-electron chi connectivity index (χ1n) is 9.18. The van der Waals surface area contributed by atoms with Gasteiger partial charge in [0.25, 0.3) is 0 Å². The molecule has 2 rings (SSSR count). The largest absolute Gasteiger partial charge is 0.385 e. The zero-order valence-corrected chi connectivity index (χ0v) is 14.8. The first-order chi connectivity index (χ1) is 9.95. The van der Waals surface area contributed by atoms with Gasteiger partial charge in [-0.25, -0.2) is 0 Å². The van der Waals surface area contributed by atoms with Gasteiger partial charge < -0.3 is 10.1 Å². The van der Waals surface area contributed by atoms with Crippen molar-refractivity contribution in [3.05, 3.63) is 0 Å². The van der Waals surface area contributed by atoms with Crippen LogP contribution in [0.15, 0.2) is 0 Å². The monoisotopic (exact) mass is 295 g/mol. The highest BCUT2D eigenvalue weighted by molar-refractivity contribution is 4.93. The Kier molecular flexibility index (Phi) is 6.14. The van der Waals surface area contributed by atoms with E-state index in [4.69, 9.17) is 4.74 Å². The van der Waals surface area contributed by atoms with Gasteiger partial charge in [0.15, 0.2) is 0 Å². The van der Waals surface area contributed by atoms with Crippen LogP contribution >= 0.6 is 0 Å². The van der Waals surface area contributed by atoms with Crippen LogP contribution < -0.4 is 5.32 Å². The minimum absolute atomic E-state index is 0.492. The van der Waals surface area contributed by atoms with Crippen molar-refractivity contribution in [3.63, 3.8) is 0 Å². The second kappa shape index (κ2) is 7.46. The van der Waals surface area contributed by atoms with Crippen LogP contribution in [0.5, 0.6) is 0 Å². The highest BCUT2D eigenvalue weighted by Crippen LogP contribution is 2.47. The topological polar surface area (TPSA) is 21.3 Å². The molecule has 1 N–H and O–H groups in total. The lowest BCUT2D eigenvalue weighted by atomic mass is 9.62. The third-order valence-electron chi connectivity index (χ3n) is 5.92. The molecular weight excluding hydrogens is 258 g/mol. The highest BCUT2D eigenvalue weighted by Gasteiger charge is 2.39. The van der Waals surface area contributed by atoms with Gasteiger partial charge >= 0.3 is 0 Å². The van der Waals surface area contributed by atoms with Crippen LogP contribution in [0.25, 0.3) is 0 Å². The Hall–Kier alpha value is -0.0800. The number of unbranched alkanes of at least 4 members (excludes halogenated alkanes) is 1. The molecule has 0 saturated heterocycles. The lowest BCUT2D eigenvalue weighted by molar-refractivity contribution is 0.0750. The van der Waals surface area contributed by atoms with Crippen LogP contribution in [0.1, 0.15) is 78.6 Å². The molecule has 0 aromatic carbocycles. The molecule has 0 aliphatic heterocycles. The summed E-state index contributed by atoms with van der Waals surface area (Å²) in [6, 6.07) is 0.848. The van der Waals surface area contributed by atoms with Gasteiger partial charge in [-0.15, -0.1) is 0 Å². The summed E-state index contributed by atoms with van der Waals surface area (Å²) in [7, 11) is 1.82. The molecule has 2 fully saturated rings. The van der Waals surface area contributed by atoms with Crippen molar-refractivity contribution in [2.75, 3.05) is 20.3 Å². The average Bonchev–Trinajstić information content (AvgIpc) is 3.25. The molecule has 0 bridgehead atoms. The van der Waals surface area contributed by atoms with Crippen LogP contribution in [0.3, 0.4) is 0 Å². The summed E-state index contributed by atoms with van der Waals surface area (Å²) in [6.07, 6.45) is 12.5. The van der Waals surface area contributed by atoms with Crippen molar-refractivity contribution in [2.45, 2.75) is 84.6 Å². The summed E-state index contributed by atoms with van der Waals surface area (Å²) in [5.41, 5.74) is 1.07. The Morgan fingerprint density at radius 1 is 1.05 bits per heavy atom. The Morgan fingerprint density at radius 3 is 2.24 bits per heavy atom. The van der Waals surface area contributed by atoms with Gasteiger partial charge in [-0.1, -0.05) is 27.2 Å². The van der Waals surface area contributed by atoms with Crippen molar-refractivity contribution in [3.8, 4) is 0 Å². The van der Waals surface area contributed by atoms with E-state index in [0.29, 0.717) is 10.8 Å². The smallest absolute Gasteiger partial charge is 0.0462 e. The van der Waals surface area contributed by atoms with Crippen molar-refractivity contribution in [1.82, 2.24) is 5.32 Å². The summed E-state index contributed by atoms with van der Waals surface area (Å²) >= 11 is 0. The third-order valence-corrected chi connectivity index (χ3v) is 5.92. The van der Waals surface area contributed by atoms with E-state index in [9.17, 15) is 0 Å². The highest BCUT2D eigenvalue weighted by atomic mass is 16.5. The predicted molar refractivity (Wildman–Crippen MR) is 90.6 cm³/mol. The standard InChI is InChI=1S/C19H37NO/c1-18(2,3)16-9-12-19(13-10-16,11-5-6-14-21-4)15-20-17-7-8-17/h16-17,20H,5-15H2,1-4H3. The number of hydrogen-bond donors (Lipinski definition) is 1. The van der Waals surface area contributed by atoms with E-state index in [1.807, 2.05) is 7.11 Å². The number of rotatable bonds is 8. The van der Waals surface area contributed by atoms with Crippen LogP contribution in [0.2, 0.25) is 0 Å². The van der Waals surface area contributed by atoms with Gasteiger partial charge in [-0.3, -0.25) is 0 Å². The van der Waals surface area contributed by atoms with Crippen LogP contribution in [0, 0.1) is 16.7 Å². The lowest BCUT2D eigenvalue weighted by Crippen LogP contribution is -2.40. The van der Waals surface area contributed by atoms with Gasteiger partial charge in [0.2, 0.25) is 0 Å². The fourth-order valence-electron chi connectivity index (χ4n) is 4.01. The molecule has 0 aromatic rings. The van der Waals surface area contributed by atoms with Crippen molar-refractivity contribution >= 4 is 0 Å². The molecule has 2 saturated carbocycles. The van der Waals surface area contributed by atoms with Gasteiger partial charge in [0.1, 0.15) is 0 Å². The Labute approximate surface area is 132 Å². The first-order valence-corrected chi connectivity index (χ1v) is 9.18. The predicted octanol–water partition coefficient (Wildman–Crippen LogP) is 4.78. The molecule has 0 unspecified atom stereocenters. The molecular formula is C19H37NO. The summed E-state index contributed by atoms with van der Waals surface area (Å²) < 4.78 is 5.22. The fraction of sp³-hybridized carbons (Fsp3) is 1.00. The summed E-state index contributed by atoms with van der Waals surface area (Å²) in [5.74, 6) is 0.922. The SMILES string of the molecule is COCCCCC1(CNC2CC2)CCC(C(C)(C)C)CC1. The second-order valence-corrected chi connectivity index (χ2v) is 8.75. The maximum atomic E-state index is 5.22. The normalized spacial score (nSPS) is 30.6. The maximum absolute atomic E-state index is 5.22. The van der Waals surface area contributed by atoms with Crippen LogP contribution in [-0.4, -0.2) is 26.3 Å². The minimum Gasteiger partial charge on any atom is -0.385 e. The number of ether oxygens (including phenoxy) is 1. The lowest BCUT2D eigenvalue weighted by Gasteiger charge is -2.44. The molecule has 0 radical (unpaired) electrons. The van der Waals surface area contributed by atoms with Gasteiger partial charge in [-0.05, 0) is 68.1 Å². The van der Waals surface area contributed by atoms with Crippen molar-refractivity contribution in [1.29, 1.82) is 0 Å². The van der Waals surface area contributed by atoms with E-state index in [1.165, 1.54) is 64.3 Å². The molecule has 2 heteroatoms. The van der Waals surface area contributed by atoms with E-state index in [0.717, 1.165) is 18.6 Å². The number of methoxy groups -OCH3 is 1. The van der Waals surface area contributed by atoms with Crippen molar-refractivity contribution in [2.24, 2.45) is 16.7 Å². The average molecular weight is 296 g/mol. The molecule has 0 aromatic heterocycles. The summed E-state index contributed by atoms with van der Waals surface area (Å²) in [5, 5.41) is 3.83. The zero-order chi connectivity index (χ0) is 15.3. The molecule has 0 amide bonds. The minimum atomic E-state index is 0.492. The molecule has 0 heterocycles. The molecule has 0 atom stereocenters. The zero-order valence-electron chi connectivity index (χ0n) is 14.8. The van der Waals surface area contributed by atoms with Gasteiger partial charge in [-0.2, -0.15) is 0 Å². The molecule has 21 heavy (non-hydrogen) atoms. The molecule has 0 spiro atoms. The van der Waals surface area contributed by atoms with Crippen LogP contribution in [0.4, 0.5) is 0 Å². The van der Waals surface area contributed by atoms with Crippen LogP contribution in [-0.2, 0) is 4.74 Å². The number of hydrogen-bond acceptors (Lipinski definition) is 2. The van der Waals surface area contributed by atoms with E-state index in [1.54, 1.807) is 0 Å². The Morgan fingerprint density at radius 2 is 1.71 bits per heavy atom. The quantitative estimate of drug-likeness (QED) is 0.651. The molecule has 2 aliphatic carbocycles. The first kappa shape index (κ1) is 17.3. The van der Waals surface area contributed by atoms with Crippen molar-refractivity contribution < 1.29 is 4.74 Å². The third kappa shape index (κ3) is 5.56. The molecule has 2 aliphatic rings. The van der Waals surface area contributed by atoms with E-state index in [-0.39, 0.29) is 0 Å².